The van der Waals surface area contributed by atoms with Crippen molar-refractivity contribution in [3.63, 3.8) is 0 Å². The van der Waals surface area contributed by atoms with E-state index in [0.29, 0.717) is 54.4 Å². The lowest BCUT2D eigenvalue weighted by atomic mass is 10.1. The van der Waals surface area contributed by atoms with Gasteiger partial charge in [0.25, 0.3) is 5.91 Å². The Morgan fingerprint density at radius 2 is 1.34 bits per heavy atom. The van der Waals surface area contributed by atoms with Gasteiger partial charge in [0.05, 0.1) is 37.8 Å². The van der Waals surface area contributed by atoms with Crippen molar-refractivity contribution in [3.8, 4) is 0 Å². The second-order valence-electron chi connectivity index (χ2n) is 13.2. The van der Waals surface area contributed by atoms with E-state index < -0.39 is 11.4 Å². The quantitative estimate of drug-likeness (QED) is 0.130. The van der Waals surface area contributed by atoms with Crippen molar-refractivity contribution in [1.82, 2.24) is 29.0 Å². The molecule has 2 aromatic carbocycles. The van der Waals surface area contributed by atoms with E-state index in [-0.39, 0.29) is 39.4 Å². The number of carbonyl (C=O) groups excluding carboxylic acids is 2. The molecule has 0 spiro atoms. The van der Waals surface area contributed by atoms with E-state index in [9.17, 15) is 19.2 Å². The number of carbonyl (C=O) groups is 2. The Morgan fingerprint density at radius 3 is 1.86 bits per heavy atom. The molecule has 1 aliphatic heterocycles. The molecular weight excluding hydrogens is 838 g/mol. The van der Waals surface area contributed by atoms with Crippen LogP contribution >= 0.6 is 69.1 Å². The average molecular weight is 869 g/mol. The molecule has 11 nitrogen and oxygen atoms in total. The van der Waals surface area contributed by atoms with Crippen LogP contribution in [-0.2, 0) is 4.74 Å². The van der Waals surface area contributed by atoms with Gasteiger partial charge in [0, 0.05) is 22.6 Å². The zero-order valence-corrected chi connectivity index (χ0v) is 34.4. The summed E-state index contributed by atoms with van der Waals surface area (Å²) >= 11 is 27.2. The van der Waals surface area contributed by atoms with E-state index in [2.05, 4.69) is 27.2 Å². The third kappa shape index (κ3) is 6.89. The Hall–Kier alpha value is -4.34. The maximum Gasteiger partial charge on any atom is 0.345 e. The number of halogens is 4. The molecule has 1 fully saturated rings. The van der Waals surface area contributed by atoms with Gasteiger partial charge in [-0.1, -0.05) is 46.4 Å². The molecule has 1 amide bonds. The third-order valence-electron chi connectivity index (χ3n) is 9.76. The van der Waals surface area contributed by atoms with Gasteiger partial charge in [-0.05, 0) is 100 Å². The fourth-order valence-corrected chi connectivity index (χ4v) is 10.1. The van der Waals surface area contributed by atoms with Gasteiger partial charge in [-0.2, -0.15) is 0 Å². The molecule has 7 heterocycles. The van der Waals surface area contributed by atoms with Crippen LogP contribution in [0.25, 0.3) is 52.2 Å². The molecule has 0 radical (unpaired) electrons. The number of likely N-dealkylation sites (tertiary alicyclic amines) is 1. The summed E-state index contributed by atoms with van der Waals surface area (Å²) in [5.41, 5.74) is 1.71. The van der Waals surface area contributed by atoms with E-state index in [1.165, 1.54) is 35.2 Å². The number of pyridine rings is 4. The first kappa shape index (κ1) is 38.5. The summed E-state index contributed by atoms with van der Waals surface area (Å²) in [5, 5.41) is 5.25. The first-order valence-electron chi connectivity index (χ1n) is 17.6. The third-order valence-corrected chi connectivity index (χ3v) is 12.9. The van der Waals surface area contributed by atoms with Gasteiger partial charge in [-0.15, -0.1) is 22.7 Å². The second-order valence-corrected chi connectivity index (χ2v) is 16.9. The van der Waals surface area contributed by atoms with Gasteiger partial charge in [0.2, 0.25) is 10.9 Å². The fraction of sp³-hybridized carbons (Fsp3) is 0.231. The van der Waals surface area contributed by atoms with Crippen molar-refractivity contribution in [2.45, 2.75) is 32.2 Å². The Balaban J connectivity index is 0.000000161. The molecule has 1 saturated heterocycles. The summed E-state index contributed by atoms with van der Waals surface area (Å²) in [6.07, 6.45) is 3.18. The maximum absolute atomic E-state index is 13.3. The van der Waals surface area contributed by atoms with E-state index >= 15 is 0 Å². The molecule has 9 rings (SSSR count). The number of fused-ring (bicyclic) bond motifs is 10. The number of hydrogen-bond donors (Lipinski definition) is 1. The van der Waals surface area contributed by atoms with Gasteiger partial charge in [-0.25, -0.2) is 14.8 Å². The molecule has 56 heavy (non-hydrogen) atoms. The number of hydrogen-bond acceptors (Lipinski definition) is 10. The monoisotopic (exact) mass is 866 g/mol. The van der Waals surface area contributed by atoms with E-state index in [0.717, 1.165) is 39.8 Å². The number of amides is 1. The predicted octanol–water partition coefficient (Wildman–Crippen LogP) is 9.13. The summed E-state index contributed by atoms with van der Waals surface area (Å²) in [6, 6.07) is 17.6. The zero-order valence-electron chi connectivity index (χ0n) is 29.7. The molecule has 0 aliphatic carbocycles. The molecule has 0 saturated carbocycles. The zero-order chi connectivity index (χ0) is 39.4. The Kier molecular flexibility index (Phi) is 10.7. The lowest BCUT2D eigenvalue weighted by molar-refractivity contribution is 0.0527. The highest BCUT2D eigenvalue weighted by molar-refractivity contribution is 7.24. The van der Waals surface area contributed by atoms with Crippen LogP contribution < -0.4 is 16.2 Å². The van der Waals surface area contributed by atoms with Crippen LogP contribution in [0, 0.1) is 0 Å². The summed E-state index contributed by atoms with van der Waals surface area (Å²) in [4.78, 5) is 63.9. The van der Waals surface area contributed by atoms with Crippen LogP contribution in [0.2, 0.25) is 20.4 Å². The van der Waals surface area contributed by atoms with Crippen LogP contribution in [0.5, 0.6) is 0 Å². The van der Waals surface area contributed by atoms with E-state index in [1.807, 2.05) is 22.6 Å². The summed E-state index contributed by atoms with van der Waals surface area (Å²) in [5.74, 6) is -1.02. The van der Waals surface area contributed by atoms with Crippen LogP contribution in [0.1, 0.15) is 46.9 Å². The van der Waals surface area contributed by atoms with Crippen LogP contribution in [0.15, 0.2) is 70.3 Å². The molecule has 1 N–H and O–H groups in total. The van der Waals surface area contributed by atoms with Crippen molar-refractivity contribution >= 4 is 133 Å². The van der Waals surface area contributed by atoms with Crippen LogP contribution in [0.3, 0.4) is 0 Å². The predicted molar refractivity (Wildman–Crippen MR) is 227 cm³/mol. The number of aromatic nitrogens is 4. The highest BCUT2D eigenvalue weighted by Crippen LogP contribution is 2.34. The Morgan fingerprint density at radius 1 is 0.804 bits per heavy atom. The molecule has 1 atom stereocenters. The molecule has 1 unspecified atom stereocenters. The normalized spacial score (nSPS) is 14.6. The molecule has 1 aliphatic rings. The fourth-order valence-electron chi connectivity index (χ4n) is 7.15. The standard InChI is InChI=1S/C22H20Cl2N4O2S.C17H10Cl2N2O3S/c1-27-10-2-3-13(27)8-9-25-21(30)18-19(29)14-5-7-17(24)26-20(14)28-15-11-12(23)4-6-16(15)31-22(18)28;1-2-24-17(23)13-14(22)9-4-6-12(19)20-15(9)21-10-7-8(18)3-5-11(10)25-16(13)21/h4-7,11,13H,2-3,8-10H2,1H3,(H,25,30);3-7H,2H2,1H3. The smallest absolute Gasteiger partial charge is 0.345 e. The topological polar surface area (TPSA) is 127 Å². The van der Waals surface area contributed by atoms with Crippen molar-refractivity contribution in [3.05, 3.63) is 113 Å². The summed E-state index contributed by atoms with van der Waals surface area (Å²) in [6.45, 7) is 3.48. The van der Waals surface area contributed by atoms with Crippen molar-refractivity contribution < 1.29 is 14.3 Å². The number of benzene rings is 2. The number of nitrogens with zero attached hydrogens (tertiary/aromatic N) is 5. The van der Waals surface area contributed by atoms with Gasteiger partial charge < -0.3 is 15.0 Å². The maximum atomic E-state index is 13.3. The van der Waals surface area contributed by atoms with Gasteiger partial charge in [-0.3, -0.25) is 23.2 Å². The SMILES string of the molecule is CCOC(=O)c1c(=O)c2ccc(Cl)nc2n2c1sc1ccc(Cl)cc12.CN1CCCC1CCNC(=O)c1c(=O)c2ccc(Cl)nc2n2c1sc1ccc(Cl)cc12. The highest BCUT2D eigenvalue weighted by atomic mass is 35.5. The minimum absolute atomic E-state index is 0.00389. The lowest BCUT2D eigenvalue weighted by Gasteiger charge is -2.19. The summed E-state index contributed by atoms with van der Waals surface area (Å²) < 4.78 is 10.4. The van der Waals surface area contributed by atoms with Crippen LogP contribution in [0.4, 0.5) is 0 Å². The van der Waals surface area contributed by atoms with Gasteiger partial charge in [0.1, 0.15) is 31.1 Å². The summed E-state index contributed by atoms with van der Waals surface area (Å²) in [7, 11) is 2.11. The van der Waals surface area contributed by atoms with E-state index in [1.54, 1.807) is 47.7 Å². The van der Waals surface area contributed by atoms with Crippen molar-refractivity contribution in [2.75, 3.05) is 26.7 Å². The minimum Gasteiger partial charge on any atom is -0.462 e. The average Bonchev–Trinajstić information content (AvgIpc) is 3.86. The highest BCUT2D eigenvalue weighted by Gasteiger charge is 2.26. The molecule has 8 aromatic rings. The number of esters is 1. The van der Waals surface area contributed by atoms with Crippen molar-refractivity contribution in [2.24, 2.45) is 0 Å². The molecular formula is C39H30Cl4N6O5S2. The minimum atomic E-state index is -0.653. The van der Waals surface area contributed by atoms with E-state index in [4.69, 9.17) is 51.1 Å². The molecule has 6 aromatic heterocycles. The molecule has 286 valence electrons. The van der Waals surface area contributed by atoms with Gasteiger partial charge >= 0.3 is 5.97 Å². The second kappa shape index (κ2) is 15.5. The lowest BCUT2D eigenvalue weighted by Crippen LogP contribution is -2.34. The Bertz CT molecular complexity index is 3030. The molecule has 17 heteroatoms. The first-order chi connectivity index (χ1) is 26.9. The number of rotatable bonds is 6. The van der Waals surface area contributed by atoms with Crippen LogP contribution in [-0.4, -0.2) is 68.3 Å². The van der Waals surface area contributed by atoms with Gasteiger partial charge in [0.15, 0.2) is 11.3 Å². The van der Waals surface area contributed by atoms with Crippen molar-refractivity contribution in [1.29, 1.82) is 0 Å². The number of ether oxygens (including phenoxy) is 1. The largest absolute Gasteiger partial charge is 0.462 e. The number of thiazole rings is 2. The number of nitrogens with one attached hydrogen (secondary N) is 1. The Labute approximate surface area is 345 Å². The first-order valence-corrected chi connectivity index (χ1v) is 20.7. The molecule has 0 bridgehead atoms.